The average Bonchev–Trinajstić information content (AvgIpc) is 2.47. The van der Waals surface area contributed by atoms with Crippen LogP contribution >= 0.6 is 0 Å². The smallest absolute Gasteiger partial charge is 0.303 e. The Morgan fingerprint density at radius 3 is 3.00 bits per heavy atom. The van der Waals surface area contributed by atoms with Crippen molar-refractivity contribution in [2.45, 2.75) is 25.2 Å². The van der Waals surface area contributed by atoms with Gasteiger partial charge in [0.1, 0.15) is 5.75 Å². The first-order chi connectivity index (χ1) is 6.66. The first-order valence-electron chi connectivity index (χ1n) is 4.70. The second-order valence-electron chi connectivity index (χ2n) is 3.72. The van der Waals surface area contributed by atoms with E-state index in [2.05, 4.69) is 0 Å². The van der Waals surface area contributed by atoms with Gasteiger partial charge in [0.05, 0.1) is 6.42 Å². The molecule has 1 atom stereocenters. The average molecular weight is 192 g/mol. The third-order valence-corrected chi connectivity index (χ3v) is 2.75. The normalized spacial score (nSPS) is 19.3. The number of rotatable bonds is 2. The van der Waals surface area contributed by atoms with Crippen LogP contribution in [0.2, 0.25) is 0 Å². The van der Waals surface area contributed by atoms with E-state index in [0.717, 1.165) is 18.4 Å². The van der Waals surface area contributed by atoms with Gasteiger partial charge in [-0.2, -0.15) is 0 Å². The minimum absolute atomic E-state index is 0.0783. The first-order valence-corrected chi connectivity index (χ1v) is 4.70. The number of fused-ring (bicyclic) bond motifs is 1. The maximum atomic E-state index is 10.6. The molecular formula is C11H12O3. The van der Waals surface area contributed by atoms with Crippen molar-refractivity contribution in [1.29, 1.82) is 0 Å². The molecule has 1 aliphatic rings. The standard InChI is InChI=1S/C11H12O3/c12-9-4-3-7-1-2-8(5-11(13)14)10(7)6-9/h3-4,6,8,12H,1-2,5H2,(H,13,14). The van der Waals surface area contributed by atoms with E-state index >= 15 is 0 Å². The van der Waals surface area contributed by atoms with Crippen molar-refractivity contribution >= 4 is 5.97 Å². The fourth-order valence-corrected chi connectivity index (χ4v) is 2.10. The second kappa shape index (κ2) is 3.33. The van der Waals surface area contributed by atoms with Crippen molar-refractivity contribution in [2.75, 3.05) is 0 Å². The van der Waals surface area contributed by atoms with Crippen LogP contribution in [0.4, 0.5) is 0 Å². The molecule has 3 nitrogen and oxygen atoms in total. The molecular weight excluding hydrogens is 180 g/mol. The number of aromatic hydroxyl groups is 1. The number of carboxylic acid groups (broad SMARTS) is 1. The lowest BCUT2D eigenvalue weighted by Gasteiger charge is -2.08. The minimum Gasteiger partial charge on any atom is -0.508 e. The van der Waals surface area contributed by atoms with Crippen LogP contribution in [0.5, 0.6) is 5.75 Å². The predicted molar refractivity (Wildman–Crippen MR) is 51.4 cm³/mol. The van der Waals surface area contributed by atoms with E-state index in [-0.39, 0.29) is 18.1 Å². The molecule has 1 unspecified atom stereocenters. The largest absolute Gasteiger partial charge is 0.508 e. The lowest BCUT2D eigenvalue weighted by Crippen LogP contribution is -2.02. The van der Waals surface area contributed by atoms with Gasteiger partial charge in [0.15, 0.2) is 0 Å². The zero-order valence-corrected chi connectivity index (χ0v) is 7.73. The van der Waals surface area contributed by atoms with Crippen molar-refractivity contribution < 1.29 is 15.0 Å². The molecule has 0 saturated heterocycles. The molecule has 0 bridgehead atoms. The SMILES string of the molecule is O=C(O)CC1CCc2ccc(O)cc21. The van der Waals surface area contributed by atoms with Crippen LogP contribution in [-0.4, -0.2) is 16.2 Å². The Morgan fingerprint density at radius 1 is 1.50 bits per heavy atom. The number of carbonyl (C=O) groups is 1. The number of aryl methyl sites for hydroxylation is 1. The molecule has 0 radical (unpaired) electrons. The van der Waals surface area contributed by atoms with Gasteiger partial charge in [-0.05, 0) is 42.0 Å². The molecule has 0 heterocycles. The number of benzene rings is 1. The van der Waals surface area contributed by atoms with Crippen LogP contribution in [-0.2, 0) is 11.2 Å². The molecule has 1 aromatic carbocycles. The highest BCUT2D eigenvalue weighted by atomic mass is 16.4. The van der Waals surface area contributed by atoms with Crippen LogP contribution in [0.15, 0.2) is 18.2 Å². The predicted octanol–water partition coefficient (Wildman–Crippen LogP) is 1.90. The van der Waals surface area contributed by atoms with E-state index in [1.807, 2.05) is 6.07 Å². The minimum atomic E-state index is -0.772. The molecule has 1 aliphatic carbocycles. The van der Waals surface area contributed by atoms with Gasteiger partial charge in [0, 0.05) is 0 Å². The molecule has 2 N–H and O–H groups in total. The van der Waals surface area contributed by atoms with Crippen LogP contribution < -0.4 is 0 Å². The monoisotopic (exact) mass is 192 g/mol. The van der Waals surface area contributed by atoms with Gasteiger partial charge >= 0.3 is 5.97 Å². The zero-order chi connectivity index (χ0) is 10.1. The molecule has 74 valence electrons. The number of hydrogen-bond acceptors (Lipinski definition) is 2. The van der Waals surface area contributed by atoms with Gasteiger partial charge in [-0.1, -0.05) is 6.07 Å². The van der Waals surface area contributed by atoms with E-state index in [0.29, 0.717) is 0 Å². The Balaban J connectivity index is 2.28. The summed E-state index contributed by atoms with van der Waals surface area (Å²) in [5.74, 6) is -0.471. The van der Waals surface area contributed by atoms with E-state index in [1.165, 1.54) is 5.56 Å². The van der Waals surface area contributed by atoms with Crippen molar-refractivity contribution in [2.24, 2.45) is 0 Å². The third-order valence-electron chi connectivity index (χ3n) is 2.75. The summed E-state index contributed by atoms with van der Waals surface area (Å²) in [6, 6.07) is 5.23. The number of phenols is 1. The van der Waals surface area contributed by atoms with Gasteiger partial charge in [0.25, 0.3) is 0 Å². The number of aliphatic carboxylic acids is 1. The molecule has 0 aliphatic heterocycles. The fourth-order valence-electron chi connectivity index (χ4n) is 2.10. The van der Waals surface area contributed by atoms with Crippen molar-refractivity contribution in [3.8, 4) is 5.75 Å². The number of phenolic OH excluding ortho intramolecular Hbond substituents is 1. The highest BCUT2D eigenvalue weighted by molar-refractivity contribution is 5.68. The summed E-state index contributed by atoms with van der Waals surface area (Å²) in [6.07, 6.45) is 1.97. The molecule has 2 rings (SSSR count). The summed E-state index contributed by atoms with van der Waals surface area (Å²) in [7, 11) is 0. The van der Waals surface area contributed by atoms with Gasteiger partial charge in [-0.3, -0.25) is 4.79 Å². The van der Waals surface area contributed by atoms with Gasteiger partial charge in [-0.25, -0.2) is 0 Å². The molecule has 3 heteroatoms. The summed E-state index contributed by atoms with van der Waals surface area (Å²) in [4.78, 5) is 10.6. The molecule has 1 aromatic rings. The Kier molecular flexibility index (Phi) is 2.15. The quantitative estimate of drug-likeness (QED) is 0.752. The summed E-state index contributed by atoms with van der Waals surface area (Å²) in [6.45, 7) is 0. The van der Waals surface area contributed by atoms with Crippen LogP contribution in [0.25, 0.3) is 0 Å². The Morgan fingerprint density at radius 2 is 2.29 bits per heavy atom. The lowest BCUT2D eigenvalue weighted by atomic mass is 9.98. The maximum absolute atomic E-state index is 10.6. The molecule has 0 aromatic heterocycles. The van der Waals surface area contributed by atoms with Gasteiger partial charge in [-0.15, -0.1) is 0 Å². The molecule has 0 spiro atoms. The Hall–Kier alpha value is -1.51. The van der Waals surface area contributed by atoms with Crippen molar-refractivity contribution in [3.05, 3.63) is 29.3 Å². The van der Waals surface area contributed by atoms with Crippen LogP contribution in [0.1, 0.15) is 29.9 Å². The topological polar surface area (TPSA) is 57.5 Å². The van der Waals surface area contributed by atoms with Gasteiger partial charge < -0.3 is 10.2 Å². The van der Waals surface area contributed by atoms with E-state index < -0.39 is 5.97 Å². The third kappa shape index (κ3) is 1.58. The number of carboxylic acids is 1. The Bertz CT molecular complexity index is 371. The maximum Gasteiger partial charge on any atom is 0.303 e. The summed E-state index contributed by atoms with van der Waals surface area (Å²) < 4.78 is 0. The van der Waals surface area contributed by atoms with Crippen molar-refractivity contribution in [1.82, 2.24) is 0 Å². The summed E-state index contributed by atoms with van der Waals surface area (Å²) >= 11 is 0. The molecule has 0 saturated carbocycles. The summed E-state index contributed by atoms with van der Waals surface area (Å²) in [5, 5.41) is 18.0. The highest BCUT2D eigenvalue weighted by Crippen LogP contribution is 2.37. The first kappa shape index (κ1) is 9.06. The Labute approximate surface area is 82.0 Å². The van der Waals surface area contributed by atoms with Gasteiger partial charge in [0.2, 0.25) is 0 Å². The number of hydrogen-bond donors (Lipinski definition) is 2. The van der Waals surface area contributed by atoms with E-state index in [1.54, 1.807) is 12.1 Å². The highest BCUT2D eigenvalue weighted by Gasteiger charge is 2.24. The molecule has 0 fully saturated rings. The second-order valence-corrected chi connectivity index (χ2v) is 3.72. The van der Waals surface area contributed by atoms with E-state index in [9.17, 15) is 9.90 Å². The fraction of sp³-hybridized carbons (Fsp3) is 0.364. The van der Waals surface area contributed by atoms with Crippen LogP contribution in [0.3, 0.4) is 0 Å². The zero-order valence-electron chi connectivity index (χ0n) is 7.73. The lowest BCUT2D eigenvalue weighted by molar-refractivity contribution is -0.137. The van der Waals surface area contributed by atoms with Crippen molar-refractivity contribution in [3.63, 3.8) is 0 Å². The summed E-state index contributed by atoms with van der Waals surface area (Å²) in [5.41, 5.74) is 2.18. The molecule has 0 amide bonds. The molecule has 14 heavy (non-hydrogen) atoms. The van der Waals surface area contributed by atoms with Crippen LogP contribution in [0, 0.1) is 0 Å². The van der Waals surface area contributed by atoms with E-state index in [4.69, 9.17) is 5.11 Å².